The number of aryl methyl sites for hydroxylation is 1. The summed E-state index contributed by atoms with van der Waals surface area (Å²) in [5.74, 6) is -1.75. The van der Waals surface area contributed by atoms with E-state index in [2.05, 4.69) is 5.32 Å². The zero-order valence-corrected chi connectivity index (χ0v) is 13.6. The second-order valence-electron chi connectivity index (χ2n) is 5.63. The van der Waals surface area contributed by atoms with Crippen LogP contribution in [0.3, 0.4) is 0 Å². The fourth-order valence-electron chi connectivity index (χ4n) is 2.68. The highest BCUT2D eigenvalue weighted by Gasteiger charge is 2.29. The maximum absolute atomic E-state index is 12.4. The van der Waals surface area contributed by atoms with E-state index in [0.717, 1.165) is 18.4 Å². The number of hydrogen-bond donors (Lipinski definition) is 2. The third-order valence-electron chi connectivity index (χ3n) is 3.85. The van der Waals surface area contributed by atoms with Crippen LogP contribution in [0, 0.1) is 6.92 Å². The van der Waals surface area contributed by atoms with Gasteiger partial charge in [-0.25, -0.2) is 0 Å². The van der Waals surface area contributed by atoms with E-state index in [9.17, 15) is 14.4 Å². The van der Waals surface area contributed by atoms with Crippen molar-refractivity contribution in [2.45, 2.75) is 32.2 Å². The highest BCUT2D eigenvalue weighted by atomic mass is 35.5. The van der Waals surface area contributed by atoms with Crippen molar-refractivity contribution >= 4 is 29.4 Å². The average molecular weight is 339 g/mol. The third kappa shape index (κ3) is 4.45. The number of aliphatic carboxylic acids is 1. The Bertz CT molecular complexity index is 633. The molecule has 124 valence electrons. The molecule has 1 saturated heterocycles. The first-order valence-corrected chi connectivity index (χ1v) is 7.84. The van der Waals surface area contributed by atoms with E-state index in [4.69, 9.17) is 16.7 Å². The summed E-state index contributed by atoms with van der Waals surface area (Å²) >= 11 is 5.88. The minimum atomic E-state index is -1.06. The molecule has 0 aliphatic carbocycles. The number of carbonyl (C=O) groups is 3. The lowest BCUT2D eigenvalue weighted by atomic mass is 10.1. The summed E-state index contributed by atoms with van der Waals surface area (Å²) in [4.78, 5) is 36.9. The monoisotopic (exact) mass is 338 g/mol. The largest absolute Gasteiger partial charge is 0.480 e. The van der Waals surface area contributed by atoms with Crippen LogP contribution >= 0.6 is 11.6 Å². The van der Waals surface area contributed by atoms with Crippen molar-refractivity contribution in [3.05, 3.63) is 34.3 Å². The average Bonchev–Trinajstić information content (AvgIpc) is 2.62. The normalized spacial score (nSPS) is 18.4. The number of nitrogens with zero attached hydrogens (tertiary/aromatic N) is 1. The van der Waals surface area contributed by atoms with Crippen LogP contribution in [0.15, 0.2) is 18.2 Å². The zero-order valence-electron chi connectivity index (χ0n) is 12.8. The number of carbonyl (C=O) groups excluding carboxylic acids is 2. The first-order chi connectivity index (χ1) is 10.9. The van der Waals surface area contributed by atoms with Crippen LogP contribution in [0.5, 0.6) is 0 Å². The Hall–Kier alpha value is -2.08. The van der Waals surface area contributed by atoms with Crippen LogP contribution in [0.4, 0.5) is 0 Å². The Labute approximate surface area is 139 Å². The Morgan fingerprint density at radius 3 is 2.78 bits per heavy atom. The van der Waals surface area contributed by atoms with Crippen LogP contribution in [-0.4, -0.2) is 46.9 Å². The van der Waals surface area contributed by atoms with Crippen LogP contribution in [-0.2, 0) is 9.59 Å². The fraction of sp³-hybridized carbons (Fsp3) is 0.438. The van der Waals surface area contributed by atoms with Crippen molar-refractivity contribution in [3.8, 4) is 0 Å². The summed E-state index contributed by atoms with van der Waals surface area (Å²) in [5.41, 5.74) is 1.18. The van der Waals surface area contributed by atoms with E-state index in [1.807, 2.05) is 0 Å². The Morgan fingerprint density at radius 2 is 2.13 bits per heavy atom. The van der Waals surface area contributed by atoms with Crippen molar-refractivity contribution < 1.29 is 19.5 Å². The van der Waals surface area contributed by atoms with Gasteiger partial charge in [-0.1, -0.05) is 11.6 Å². The molecule has 0 radical (unpaired) electrons. The van der Waals surface area contributed by atoms with E-state index in [-0.39, 0.29) is 18.4 Å². The van der Waals surface area contributed by atoms with Crippen LogP contribution in [0.25, 0.3) is 0 Å². The molecule has 1 aliphatic heterocycles. The topological polar surface area (TPSA) is 86.7 Å². The Kier molecular flexibility index (Phi) is 5.60. The van der Waals surface area contributed by atoms with Gasteiger partial charge < -0.3 is 15.3 Å². The molecule has 1 fully saturated rings. The van der Waals surface area contributed by atoms with Crippen molar-refractivity contribution in [1.29, 1.82) is 0 Å². The van der Waals surface area contributed by atoms with Crippen molar-refractivity contribution in [2.75, 3.05) is 13.1 Å². The lowest BCUT2D eigenvalue weighted by Gasteiger charge is -2.23. The number of amides is 2. The molecule has 1 unspecified atom stereocenters. The third-order valence-corrected chi connectivity index (χ3v) is 4.08. The maximum atomic E-state index is 12.4. The number of rotatable bonds is 4. The number of halogens is 1. The molecule has 1 atom stereocenters. The lowest BCUT2D eigenvalue weighted by Crippen LogP contribution is -2.48. The highest BCUT2D eigenvalue weighted by molar-refractivity contribution is 6.30. The SMILES string of the molecule is Cc1cc(Cl)ccc1C(=O)NC1CCCCN(CC(=O)O)C1=O. The number of carboxylic acids is 1. The first-order valence-electron chi connectivity index (χ1n) is 7.46. The van der Waals surface area contributed by atoms with Gasteiger partial charge in [0, 0.05) is 17.1 Å². The van der Waals surface area contributed by atoms with Gasteiger partial charge >= 0.3 is 5.97 Å². The molecule has 23 heavy (non-hydrogen) atoms. The second-order valence-corrected chi connectivity index (χ2v) is 6.07. The summed E-state index contributed by atoms with van der Waals surface area (Å²) in [6, 6.07) is 4.22. The van der Waals surface area contributed by atoms with E-state index in [1.165, 1.54) is 4.90 Å². The molecule has 6 nitrogen and oxygen atoms in total. The summed E-state index contributed by atoms with van der Waals surface area (Å²) < 4.78 is 0. The van der Waals surface area contributed by atoms with Gasteiger partial charge in [0.2, 0.25) is 5.91 Å². The Morgan fingerprint density at radius 1 is 1.39 bits per heavy atom. The number of hydrogen-bond acceptors (Lipinski definition) is 3. The minimum Gasteiger partial charge on any atom is -0.480 e. The second kappa shape index (κ2) is 7.46. The minimum absolute atomic E-state index is 0.342. The van der Waals surface area contributed by atoms with Gasteiger partial charge in [0.05, 0.1) is 0 Å². The van der Waals surface area contributed by atoms with Gasteiger partial charge in [0.15, 0.2) is 0 Å². The molecular weight excluding hydrogens is 320 g/mol. The summed E-state index contributed by atoms with van der Waals surface area (Å²) in [7, 11) is 0. The smallest absolute Gasteiger partial charge is 0.323 e. The van der Waals surface area contributed by atoms with Gasteiger partial charge in [-0.05, 0) is 49.9 Å². The molecule has 0 saturated carbocycles. The molecule has 0 aromatic heterocycles. The molecular formula is C16H19ClN2O4. The van der Waals surface area contributed by atoms with Crippen molar-refractivity contribution in [3.63, 3.8) is 0 Å². The predicted molar refractivity (Wildman–Crippen MR) is 85.5 cm³/mol. The molecule has 2 rings (SSSR count). The van der Waals surface area contributed by atoms with Crippen molar-refractivity contribution in [2.24, 2.45) is 0 Å². The predicted octanol–water partition coefficient (Wildman–Crippen LogP) is 1.84. The number of likely N-dealkylation sites (tertiary alicyclic amines) is 1. The van der Waals surface area contributed by atoms with Gasteiger partial charge in [-0.15, -0.1) is 0 Å². The summed E-state index contributed by atoms with van der Waals surface area (Å²) in [5, 5.41) is 12.2. The van der Waals surface area contributed by atoms with Gasteiger partial charge in [-0.3, -0.25) is 14.4 Å². The molecule has 2 N–H and O–H groups in total. The zero-order chi connectivity index (χ0) is 17.0. The molecule has 1 aromatic rings. The molecule has 7 heteroatoms. The maximum Gasteiger partial charge on any atom is 0.323 e. The number of nitrogens with one attached hydrogen (secondary N) is 1. The van der Waals surface area contributed by atoms with E-state index in [0.29, 0.717) is 23.6 Å². The van der Waals surface area contributed by atoms with Crippen LogP contribution < -0.4 is 5.32 Å². The Balaban J connectivity index is 2.11. The number of benzene rings is 1. The lowest BCUT2D eigenvalue weighted by molar-refractivity contribution is -0.144. The van der Waals surface area contributed by atoms with Gasteiger partial charge in [0.25, 0.3) is 5.91 Å². The highest BCUT2D eigenvalue weighted by Crippen LogP contribution is 2.17. The standard InChI is InChI=1S/C16H19ClN2O4/c1-10-8-11(17)5-6-12(10)15(22)18-13-4-2-3-7-19(16(13)23)9-14(20)21/h5-6,8,13H,2-4,7,9H2,1H3,(H,18,22)(H,20,21). The molecule has 1 aromatic carbocycles. The fourth-order valence-corrected chi connectivity index (χ4v) is 2.90. The molecule has 0 spiro atoms. The van der Waals surface area contributed by atoms with Crippen molar-refractivity contribution in [1.82, 2.24) is 10.2 Å². The van der Waals surface area contributed by atoms with Crippen LogP contribution in [0.1, 0.15) is 35.2 Å². The first kappa shape index (κ1) is 17.3. The van der Waals surface area contributed by atoms with Gasteiger partial charge in [-0.2, -0.15) is 0 Å². The quantitative estimate of drug-likeness (QED) is 0.877. The molecule has 0 bridgehead atoms. The molecule has 2 amide bonds. The summed E-state index contributed by atoms with van der Waals surface area (Å²) in [6.45, 7) is 1.83. The van der Waals surface area contributed by atoms with E-state index >= 15 is 0 Å². The summed E-state index contributed by atoms with van der Waals surface area (Å²) in [6.07, 6.45) is 1.99. The van der Waals surface area contributed by atoms with E-state index in [1.54, 1.807) is 25.1 Å². The van der Waals surface area contributed by atoms with Crippen LogP contribution in [0.2, 0.25) is 5.02 Å². The molecule has 1 aliphatic rings. The van der Waals surface area contributed by atoms with E-state index < -0.39 is 12.0 Å². The number of carboxylic acid groups (broad SMARTS) is 1. The molecule has 1 heterocycles. The van der Waals surface area contributed by atoms with Gasteiger partial charge in [0.1, 0.15) is 12.6 Å².